The molecule has 7 atom stereocenters. The summed E-state index contributed by atoms with van der Waals surface area (Å²) in [6.07, 6.45) is 3.44. The Labute approximate surface area is 91.1 Å². The molecule has 3 rings (SSSR count). The van der Waals surface area contributed by atoms with Gasteiger partial charge in [-0.05, 0) is 54.8 Å². The van der Waals surface area contributed by atoms with Crippen molar-refractivity contribution in [1.29, 1.82) is 0 Å². The summed E-state index contributed by atoms with van der Waals surface area (Å²) < 4.78 is 0. The molecule has 3 aliphatic carbocycles. The molecule has 84 valence electrons. The maximum atomic E-state index is 11.2. The number of hydrogen-bond donors (Lipinski definition) is 1. The fourth-order valence-electron chi connectivity index (χ4n) is 5.05. The van der Waals surface area contributed by atoms with E-state index in [2.05, 4.69) is 13.8 Å². The van der Waals surface area contributed by atoms with Gasteiger partial charge in [0, 0.05) is 0 Å². The summed E-state index contributed by atoms with van der Waals surface area (Å²) in [6, 6.07) is 0. The number of carboxylic acids is 1. The summed E-state index contributed by atoms with van der Waals surface area (Å²) in [5.74, 6) is 3.90. The predicted octanol–water partition coefficient (Wildman–Crippen LogP) is 2.64. The van der Waals surface area contributed by atoms with Crippen molar-refractivity contribution in [2.24, 2.45) is 41.4 Å². The van der Waals surface area contributed by atoms with Gasteiger partial charge >= 0.3 is 5.97 Å². The molecular weight excluding hydrogens is 188 g/mol. The van der Waals surface area contributed by atoms with E-state index in [0.717, 1.165) is 36.0 Å². The van der Waals surface area contributed by atoms with Gasteiger partial charge < -0.3 is 5.11 Å². The van der Waals surface area contributed by atoms with Crippen molar-refractivity contribution in [2.75, 3.05) is 0 Å². The molecule has 3 aliphatic rings. The highest BCUT2D eigenvalue weighted by atomic mass is 16.4. The summed E-state index contributed by atoms with van der Waals surface area (Å²) in [6.45, 7) is 4.71. The van der Waals surface area contributed by atoms with Crippen molar-refractivity contribution in [1.82, 2.24) is 0 Å². The Bertz CT molecular complexity index is 299. The van der Waals surface area contributed by atoms with Crippen LogP contribution in [0.15, 0.2) is 0 Å². The molecule has 0 aromatic rings. The van der Waals surface area contributed by atoms with Gasteiger partial charge in [0.25, 0.3) is 0 Å². The molecule has 15 heavy (non-hydrogen) atoms. The fraction of sp³-hybridized carbons (Fsp3) is 0.923. The molecule has 3 saturated carbocycles. The van der Waals surface area contributed by atoms with Gasteiger partial charge in [0.05, 0.1) is 5.92 Å². The SMILES string of the molecule is CC1C(C)C2CC1C1CCC(C(=O)O)C21. The lowest BCUT2D eigenvalue weighted by atomic mass is 9.69. The van der Waals surface area contributed by atoms with Crippen molar-refractivity contribution in [3.8, 4) is 0 Å². The monoisotopic (exact) mass is 208 g/mol. The zero-order valence-electron chi connectivity index (χ0n) is 9.52. The van der Waals surface area contributed by atoms with Crippen molar-refractivity contribution in [3.05, 3.63) is 0 Å². The normalized spacial score (nSPS) is 57.1. The third kappa shape index (κ3) is 1.08. The third-order valence-electron chi connectivity index (χ3n) is 5.86. The second-order valence-electron chi connectivity index (χ2n) is 6.04. The first-order chi connectivity index (χ1) is 7.11. The Morgan fingerprint density at radius 1 is 1.07 bits per heavy atom. The van der Waals surface area contributed by atoms with E-state index >= 15 is 0 Å². The Morgan fingerprint density at radius 3 is 2.40 bits per heavy atom. The van der Waals surface area contributed by atoms with Crippen LogP contribution in [0.1, 0.15) is 33.1 Å². The summed E-state index contributed by atoms with van der Waals surface area (Å²) in [5.41, 5.74) is 0. The largest absolute Gasteiger partial charge is 0.481 e. The fourth-order valence-corrected chi connectivity index (χ4v) is 5.05. The topological polar surface area (TPSA) is 37.3 Å². The first kappa shape index (κ1) is 9.68. The lowest BCUT2D eigenvalue weighted by Crippen LogP contribution is -2.34. The van der Waals surface area contributed by atoms with Gasteiger partial charge in [-0.2, -0.15) is 0 Å². The molecule has 0 amide bonds. The van der Waals surface area contributed by atoms with E-state index in [1.807, 2.05) is 0 Å². The summed E-state index contributed by atoms with van der Waals surface area (Å²) >= 11 is 0. The molecule has 0 spiro atoms. The molecule has 0 aromatic carbocycles. The molecule has 3 fully saturated rings. The number of carboxylic acid groups (broad SMARTS) is 1. The quantitative estimate of drug-likeness (QED) is 0.719. The Morgan fingerprint density at radius 2 is 1.73 bits per heavy atom. The van der Waals surface area contributed by atoms with Crippen LogP contribution in [-0.4, -0.2) is 11.1 Å². The number of rotatable bonds is 1. The van der Waals surface area contributed by atoms with E-state index in [0.29, 0.717) is 5.92 Å². The minimum Gasteiger partial charge on any atom is -0.481 e. The van der Waals surface area contributed by atoms with Crippen LogP contribution in [-0.2, 0) is 4.79 Å². The van der Waals surface area contributed by atoms with Crippen LogP contribution in [0.5, 0.6) is 0 Å². The van der Waals surface area contributed by atoms with Crippen molar-refractivity contribution < 1.29 is 9.90 Å². The van der Waals surface area contributed by atoms with Crippen molar-refractivity contribution in [3.63, 3.8) is 0 Å². The molecule has 0 aliphatic heterocycles. The Kier molecular flexibility index (Phi) is 1.93. The lowest BCUT2D eigenvalue weighted by molar-refractivity contribution is -0.144. The van der Waals surface area contributed by atoms with E-state index in [4.69, 9.17) is 0 Å². The van der Waals surface area contributed by atoms with Gasteiger partial charge in [-0.3, -0.25) is 4.79 Å². The second kappa shape index (κ2) is 2.99. The van der Waals surface area contributed by atoms with Gasteiger partial charge in [-0.15, -0.1) is 0 Å². The average Bonchev–Trinajstić information content (AvgIpc) is 2.78. The van der Waals surface area contributed by atoms with Crippen LogP contribution in [0.3, 0.4) is 0 Å². The van der Waals surface area contributed by atoms with Crippen LogP contribution in [0.25, 0.3) is 0 Å². The number of aliphatic carboxylic acids is 1. The van der Waals surface area contributed by atoms with Crippen LogP contribution in [0, 0.1) is 41.4 Å². The van der Waals surface area contributed by atoms with Gasteiger partial charge in [0.2, 0.25) is 0 Å². The number of fused-ring (bicyclic) bond motifs is 5. The highest BCUT2D eigenvalue weighted by Gasteiger charge is 2.60. The molecule has 0 aromatic heterocycles. The highest BCUT2D eigenvalue weighted by Crippen LogP contribution is 2.64. The third-order valence-corrected chi connectivity index (χ3v) is 5.86. The minimum atomic E-state index is -0.532. The van der Waals surface area contributed by atoms with E-state index in [1.165, 1.54) is 12.8 Å². The summed E-state index contributed by atoms with van der Waals surface area (Å²) in [5, 5.41) is 9.24. The van der Waals surface area contributed by atoms with Gasteiger partial charge in [0.15, 0.2) is 0 Å². The molecule has 0 radical (unpaired) electrons. The number of hydrogen-bond acceptors (Lipinski definition) is 1. The Hall–Kier alpha value is -0.530. The first-order valence-corrected chi connectivity index (χ1v) is 6.34. The van der Waals surface area contributed by atoms with Gasteiger partial charge in [-0.1, -0.05) is 13.8 Å². The molecule has 7 unspecified atom stereocenters. The summed E-state index contributed by atoms with van der Waals surface area (Å²) in [4.78, 5) is 11.2. The minimum absolute atomic E-state index is 0.0139. The maximum absolute atomic E-state index is 11.2. The molecule has 1 N–H and O–H groups in total. The number of carbonyl (C=O) groups is 1. The maximum Gasteiger partial charge on any atom is 0.306 e. The molecule has 2 heteroatoms. The standard InChI is InChI=1S/C13H20O2/c1-6-7(2)11-5-10(6)8-3-4-9(12(8)11)13(14)15/h6-12H,3-5H2,1-2H3,(H,14,15). The summed E-state index contributed by atoms with van der Waals surface area (Å²) in [7, 11) is 0. The molecule has 2 nitrogen and oxygen atoms in total. The first-order valence-electron chi connectivity index (χ1n) is 6.34. The van der Waals surface area contributed by atoms with Gasteiger partial charge in [0.1, 0.15) is 0 Å². The highest BCUT2D eigenvalue weighted by molar-refractivity contribution is 5.71. The molecule has 0 heterocycles. The van der Waals surface area contributed by atoms with E-state index in [-0.39, 0.29) is 5.92 Å². The average molecular weight is 208 g/mol. The molecule has 0 saturated heterocycles. The predicted molar refractivity (Wildman–Crippen MR) is 57.3 cm³/mol. The zero-order valence-corrected chi connectivity index (χ0v) is 9.52. The van der Waals surface area contributed by atoms with Crippen molar-refractivity contribution >= 4 is 5.97 Å². The van der Waals surface area contributed by atoms with E-state index in [1.54, 1.807) is 0 Å². The van der Waals surface area contributed by atoms with Crippen LogP contribution >= 0.6 is 0 Å². The molecule has 2 bridgehead atoms. The second-order valence-corrected chi connectivity index (χ2v) is 6.04. The van der Waals surface area contributed by atoms with Crippen LogP contribution in [0.4, 0.5) is 0 Å². The lowest BCUT2D eigenvalue weighted by Gasteiger charge is -2.36. The zero-order chi connectivity index (χ0) is 10.7. The van der Waals surface area contributed by atoms with E-state index < -0.39 is 5.97 Å². The molecular formula is C13H20O2. The smallest absolute Gasteiger partial charge is 0.306 e. The van der Waals surface area contributed by atoms with Gasteiger partial charge in [-0.25, -0.2) is 0 Å². The van der Waals surface area contributed by atoms with Crippen LogP contribution in [0.2, 0.25) is 0 Å². The van der Waals surface area contributed by atoms with Crippen molar-refractivity contribution in [2.45, 2.75) is 33.1 Å². The van der Waals surface area contributed by atoms with E-state index in [9.17, 15) is 9.90 Å². The Balaban J connectivity index is 1.89. The van der Waals surface area contributed by atoms with Crippen LogP contribution < -0.4 is 0 Å².